The lowest BCUT2D eigenvalue weighted by Crippen LogP contribution is -2.27. The third-order valence-corrected chi connectivity index (χ3v) is 7.26. The highest BCUT2D eigenvalue weighted by atomic mass is 19.4. The van der Waals surface area contributed by atoms with Crippen LogP contribution < -0.4 is 10.6 Å². The number of hydrogen-bond acceptors (Lipinski definition) is 6. The van der Waals surface area contributed by atoms with Gasteiger partial charge in [0.15, 0.2) is 0 Å². The van der Waals surface area contributed by atoms with E-state index < -0.39 is 59.8 Å². The van der Waals surface area contributed by atoms with Crippen LogP contribution in [0.1, 0.15) is 71.5 Å². The number of nitrogens with zero attached hydrogens (tertiary/aromatic N) is 6. The minimum atomic E-state index is -5.08. The van der Waals surface area contributed by atoms with Crippen LogP contribution in [0.5, 0.6) is 0 Å². The highest BCUT2D eigenvalue weighted by molar-refractivity contribution is 5.40. The van der Waals surface area contributed by atoms with E-state index in [9.17, 15) is 39.5 Å². The quantitative estimate of drug-likeness (QED) is 0.279. The van der Waals surface area contributed by atoms with E-state index in [1.54, 1.807) is 0 Å². The molecule has 1 aliphatic rings. The fourth-order valence-electron chi connectivity index (χ4n) is 5.27. The second-order valence-electron chi connectivity index (χ2n) is 10.4. The van der Waals surface area contributed by atoms with Crippen LogP contribution in [0.15, 0.2) is 30.5 Å². The normalized spacial score (nSPS) is 15.8. The van der Waals surface area contributed by atoms with Gasteiger partial charge in [-0.2, -0.15) is 44.3 Å². The van der Waals surface area contributed by atoms with E-state index in [2.05, 4.69) is 20.4 Å². The molecule has 1 unspecified atom stereocenters. The van der Waals surface area contributed by atoms with E-state index in [0.717, 1.165) is 41.4 Å². The van der Waals surface area contributed by atoms with Crippen LogP contribution in [0, 0.1) is 5.92 Å². The zero-order valence-electron chi connectivity index (χ0n) is 22.4. The Balaban J connectivity index is 1.79. The summed E-state index contributed by atoms with van der Waals surface area (Å²) in [5.74, 6) is -0.335. The Morgan fingerprint density at radius 1 is 0.881 bits per heavy atom. The maximum atomic E-state index is 13.7. The number of pyridine rings is 1. The van der Waals surface area contributed by atoms with Crippen LogP contribution in [0.25, 0.3) is 0 Å². The highest BCUT2D eigenvalue weighted by Crippen LogP contribution is 2.39. The summed E-state index contributed by atoms with van der Waals surface area (Å²) in [5.41, 5.74) is 1.82. The molecular weight excluding hydrogens is 581 g/mol. The molecule has 7 nitrogen and oxygen atoms in total. The summed E-state index contributed by atoms with van der Waals surface area (Å²) in [6.45, 7) is -0.950. The second-order valence-corrected chi connectivity index (χ2v) is 10.4. The van der Waals surface area contributed by atoms with Crippen LogP contribution >= 0.6 is 0 Å². The molecule has 0 spiro atoms. The number of tetrazole rings is 1. The number of aryl methyl sites for hydroxylation is 1. The summed E-state index contributed by atoms with van der Waals surface area (Å²) in [6.07, 6.45) is -9.72. The van der Waals surface area contributed by atoms with Gasteiger partial charge in [0.25, 0.3) is 5.95 Å². The second kappa shape index (κ2) is 12.1. The summed E-state index contributed by atoms with van der Waals surface area (Å²) < 4.78 is 122. The van der Waals surface area contributed by atoms with E-state index in [1.807, 2.05) is 0 Å². The molecule has 0 bridgehead atoms. The SMILES string of the molecule is Cn1nnc(N(Cc2cc(C(F)(F)F)cc(C(F)(F)F)c2)Cc2cc(C(F)(F)F)cnc2C(CN)CC2CCCC2)n1. The number of rotatable bonds is 9. The Hall–Kier alpha value is -3.43. The van der Waals surface area contributed by atoms with E-state index in [-0.39, 0.29) is 29.8 Å². The predicted octanol–water partition coefficient (Wildman–Crippen LogP) is 6.49. The molecule has 3 aromatic rings. The van der Waals surface area contributed by atoms with Crippen molar-refractivity contribution in [2.24, 2.45) is 18.7 Å². The highest BCUT2D eigenvalue weighted by Gasteiger charge is 2.37. The standard InChI is InChI=1S/C26H28F9N7/c1-41-39-23(38-40-41)42(13-16-7-19(24(27,28)29)10-20(8-16)25(30,31)32)14-18-9-21(26(33,34)35)12-37-22(18)17(11-36)6-15-4-2-3-5-15/h7-10,12,15,17H,2-6,11,13-14,36H2,1H3. The summed E-state index contributed by atoms with van der Waals surface area (Å²) in [4.78, 5) is 6.29. The van der Waals surface area contributed by atoms with Crippen LogP contribution in [-0.4, -0.2) is 31.7 Å². The first kappa shape index (κ1) is 31.5. The molecule has 0 saturated heterocycles. The molecule has 2 N–H and O–H groups in total. The molecule has 2 aromatic heterocycles. The molecule has 2 heterocycles. The van der Waals surface area contributed by atoms with Crippen molar-refractivity contribution in [1.29, 1.82) is 0 Å². The van der Waals surface area contributed by atoms with Gasteiger partial charge in [-0.3, -0.25) is 4.98 Å². The molecule has 230 valence electrons. The van der Waals surface area contributed by atoms with Crippen molar-refractivity contribution in [3.63, 3.8) is 0 Å². The van der Waals surface area contributed by atoms with Crippen LogP contribution in [-0.2, 0) is 38.7 Å². The molecule has 16 heteroatoms. The van der Waals surface area contributed by atoms with Gasteiger partial charge in [-0.05, 0) is 52.9 Å². The Kier molecular flexibility index (Phi) is 9.04. The lowest BCUT2D eigenvalue weighted by Gasteiger charge is -2.26. The van der Waals surface area contributed by atoms with E-state index in [0.29, 0.717) is 30.7 Å². The van der Waals surface area contributed by atoms with Gasteiger partial charge in [-0.1, -0.05) is 30.8 Å². The van der Waals surface area contributed by atoms with Gasteiger partial charge in [0.1, 0.15) is 0 Å². The van der Waals surface area contributed by atoms with Crippen LogP contribution in [0.4, 0.5) is 45.5 Å². The number of aromatic nitrogens is 5. The first-order valence-corrected chi connectivity index (χ1v) is 13.1. The fraction of sp³-hybridized carbons (Fsp3) is 0.538. The third-order valence-electron chi connectivity index (χ3n) is 7.26. The van der Waals surface area contributed by atoms with E-state index in [1.165, 1.54) is 7.05 Å². The lowest BCUT2D eigenvalue weighted by molar-refractivity contribution is -0.143. The average molecular weight is 610 g/mol. The molecular formula is C26H28F9N7. The molecule has 1 fully saturated rings. The van der Waals surface area contributed by atoms with E-state index >= 15 is 0 Å². The minimum Gasteiger partial charge on any atom is -0.330 e. The number of nitrogens with two attached hydrogens (primary N) is 1. The molecule has 0 aliphatic heterocycles. The molecule has 0 radical (unpaired) electrons. The molecule has 1 aliphatic carbocycles. The molecule has 42 heavy (non-hydrogen) atoms. The Morgan fingerprint density at radius 3 is 1.98 bits per heavy atom. The fourth-order valence-corrected chi connectivity index (χ4v) is 5.27. The van der Waals surface area contributed by atoms with Crippen molar-refractivity contribution in [1.82, 2.24) is 25.2 Å². The van der Waals surface area contributed by atoms with Crippen molar-refractivity contribution >= 4 is 5.95 Å². The Labute approximate surface area is 234 Å². The number of alkyl halides is 9. The summed E-state index contributed by atoms with van der Waals surface area (Å²) in [6, 6.07) is 1.97. The first-order valence-electron chi connectivity index (χ1n) is 13.1. The van der Waals surface area contributed by atoms with Crippen molar-refractivity contribution in [3.8, 4) is 0 Å². The lowest BCUT2D eigenvalue weighted by atomic mass is 9.88. The molecule has 4 rings (SSSR count). The maximum absolute atomic E-state index is 13.7. The van der Waals surface area contributed by atoms with Gasteiger partial charge < -0.3 is 10.6 Å². The summed E-state index contributed by atoms with van der Waals surface area (Å²) in [7, 11) is 1.38. The molecule has 0 amide bonds. The topological polar surface area (TPSA) is 85.8 Å². The average Bonchev–Trinajstić information content (AvgIpc) is 3.57. The third kappa shape index (κ3) is 7.69. The number of halogens is 9. The van der Waals surface area contributed by atoms with Crippen LogP contribution in [0.3, 0.4) is 0 Å². The maximum Gasteiger partial charge on any atom is 0.417 e. The zero-order chi connectivity index (χ0) is 30.9. The van der Waals surface area contributed by atoms with Gasteiger partial charge in [0.05, 0.1) is 23.7 Å². The summed E-state index contributed by atoms with van der Waals surface area (Å²) >= 11 is 0. The number of benzene rings is 1. The molecule has 1 aromatic carbocycles. The van der Waals surface area contributed by atoms with Crippen molar-refractivity contribution in [3.05, 3.63) is 64.0 Å². The van der Waals surface area contributed by atoms with Crippen molar-refractivity contribution < 1.29 is 39.5 Å². The predicted molar refractivity (Wildman–Crippen MR) is 133 cm³/mol. The molecule has 1 saturated carbocycles. The Morgan fingerprint density at radius 2 is 1.48 bits per heavy atom. The van der Waals surface area contributed by atoms with Gasteiger partial charge in [-0.15, -0.1) is 5.10 Å². The van der Waals surface area contributed by atoms with E-state index in [4.69, 9.17) is 5.73 Å². The van der Waals surface area contributed by atoms with Gasteiger partial charge >= 0.3 is 18.5 Å². The van der Waals surface area contributed by atoms with Gasteiger partial charge in [0.2, 0.25) is 0 Å². The van der Waals surface area contributed by atoms with Gasteiger partial charge in [0, 0.05) is 37.4 Å². The van der Waals surface area contributed by atoms with Crippen molar-refractivity contribution in [2.45, 2.75) is 69.6 Å². The largest absolute Gasteiger partial charge is 0.417 e. The molecule has 1 atom stereocenters. The monoisotopic (exact) mass is 609 g/mol. The van der Waals surface area contributed by atoms with Gasteiger partial charge in [-0.25, -0.2) is 0 Å². The zero-order valence-corrected chi connectivity index (χ0v) is 22.4. The first-order chi connectivity index (χ1) is 19.5. The number of anilines is 1. The number of hydrogen-bond donors (Lipinski definition) is 1. The Bertz CT molecular complexity index is 1330. The van der Waals surface area contributed by atoms with Crippen LogP contribution in [0.2, 0.25) is 0 Å². The summed E-state index contributed by atoms with van der Waals surface area (Å²) in [5, 5.41) is 11.5. The smallest absolute Gasteiger partial charge is 0.330 e. The van der Waals surface area contributed by atoms with Crippen molar-refractivity contribution in [2.75, 3.05) is 11.4 Å². The minimum absolute atomic E-state index is 0.00188.